The highest BCUT2D eigenvalue weighted by molar-refractivity contribution is 7.90. The van der Waals surface area contributed by atoms with Gasteiger partial charge in [0.15, 0.2) is 9.84 Å². The first-order valence-electron chi connectivity index (χ1n) is 7.56. The summed E-state index contributed by atoms with van der Waals surface area (Å²) >= 11 is 5.48. The van der Waals surface area contributed by atoms with Gasteiger partial charge in [-0.25, -0.2) is 8.42 Å². The van der Waals surface area contributed by atoms with Gasteiger partial charge in [-0.3, -0.25) is 4.55 Å². The topological polar surface area (TPSA) is 127 Å². The molecule has 0 saturated heterocycles. The predicted molar refractivity (Wildman–Crippen MR) is 103 cm³/mol. The fourth-order valence-corrected chi connectivity index (χ4v) is 4.68. The lowest BCUT2D eigenvalue weighted by Gasteiger charge is -2.10. The largest absolute Gasteiger partial charge is 0.398 e. The van der Waals surface area contributed by atoms with E-state index >= 15 is 0 Å². The molecule has 0 amide bonds. The lowest BCUT2D eigenvalue weighted by molar-refractivity contribution is 0.483. The molecule has 0 aliphatic carbocycles. The zero-order valence-corrected chi connectivity index (χ0v) is 16.1. The van der Waals surface area contributed by atoms with Crippen molar-refractivity contribution in [3.05, 3.63) is 53.6 Å². The summed E-state index contributed by atoms with van der Waals surface area (Å²) in [5, 5.41) is 3.08. The summed E-state index contributed by atoms with van der Waals surface area (Å²) in [7, 11) is -7.56. The van der Waals surface area contributed by atoms with Crippen molar-refractivity contribution in [3.63, 3.8) is 0 Å². The molecule has 0 aliphatic rings. The Morgan fingerprint density at radius 1 is 1.00 bits per heavy atom. The molecule has 26 heavy (non-hydrogen) atoms. The van der Waals surface area contributed by atoms with Crippen LogP contribution in [0.3, 0.4) is 0 Å². The molecule has 2 aromatic carbocycles. The molecule has 0 radical (unpaired) electrons. The zero-order chi connectivity index (χ0) is 19.4. The number of nitrogens with two attached hydrogens (primary N) is 1. The van der Waals surface area contributed by atoms with Crippen LogP contribution in [0.1, 0.15) is 11.1 Å². The first-order chi connectivity index (χ1) is 12.1. The molecule has 0 aliphatic heterocycles. The Hall–Kier alpha value is -1.81. The summed E-state index contributed by atoms with van der Waals surface area (Å²) in [5.74, 6) is -0.0380. The van der Waals surface area contributed by atoms with Gasteiger partial charge in [-0.1, -0.05) is 24.3 Å². The molecule has 0 heterocycles. The number of nitrogens with one attached hydrogen (secondary N) is 1. The second-order valence-corrected chi connectivity index (χ2v) is 9.63. The van der Waals surface area contributed by atoms with Crippen LogP contribution in [0, 0.1) is 0 Å². The third-order valence-electron chi connectivity index (χ3n) is 3.58. The van der Waals surface area contributed by atoms with Crippen LogP contribution in [0.5, 0.6) is 0 Å². The second-order valence-electron chi connectivity index (χ2n) is 5.68. The Kier molecular flexibility index (Phi) is 6.51. The molecule has 10 heteroatoms. The minimum absolute atomic E-state index is 0.0545. The molecular weight excluding hydrogens is 400 g/mol. The molecule has 4 N–H and O–H groups in total. The van der Waals surface area contributed by atoms with Crippen LogP contribution in [0.2, 0.25) is 0 Å². The molecule has 0 aromatic heterocycles. The molecular formula is C16H19ClN2O5S2. The van der Waals surface area contributed by atoms with Crippen LogP contribution in [-0.4, -0.2) is 33.0 Å². The van der Waals surface area contributed by atoms with E-state index in [0.717, 1.165) is 5.56 Å². The second kappa shape index (κ2) is 8.26. The number of alkyl halides is 1. The highest BCUT2D eigenvalue weighted by atomic mass is 35.5. The zero-order valence-electron chi connectivity index (χ0n) is 13.7. The highest BCUT2D eigenvalue weighted by Crippen LogP contribution is 2.22. The molecule has 2 rings (SSSR count). The maximum absolute atomic E-state index is 11.8. The number of anilines is 2. The van der Waals surface area contributed by atoms with Crippen LogP contribution < -0.4 is 11.1 Å². The van der Waals surface area contributed by atoms with Gasteiger partial charge in [0.25, 0.3) is 10.1 Å². The van der Waals surface area contributed by atoms with Crippen molar-refractivity contribution in [3.8, 4) is 0 Å². The third kappa shape index (κ3) is 5.87. The minimum atomic E-state index is -4.35. The number of nitrogen functional groups attached to an aromatic ring is 1. The van der Waals surface area contributed by atoms with Gasteiger partial charge in [0.1, 0.15) is 4.90 Å². The van der Waals surface area contributed by atoms with Crippen LogP contribution in [0.25, 0.3) is 0 Å². The number of halogens is 1. The first-order valence-corrected chi connectivity index (χ1v) is 11.4. The monoisotopic (exact) mass is 418 g/mol. The molecule has 0 saturated carbocycles. The van der Waals surface area contributed by atoms with Crippen LogP contribution in [-0.2, 0) is 32.3 Å². The number of rotatable bonds is 8. The van der Waals surface area contributed by atoms with Crippen molar-refractivity contribution in [2.75, 3.05) is 22.7 Å². The Morgan fingerprint density at radius 2 is 1.62 bits per heavy atom. The van der Waals surface area contributed by atoms with E-state index in [0.29, 0.717) is 17.8 Å². The molecule has 0 fully saturated rings. The average Bonchev–Trinajstić information content (AvgIpc) is 2.52. The molecule has 142 valence electrons. The van der Waals surface area contributed by atoms with E-state index in [1.54, 1.807) is 24.3 Å². The number of sulfone groups is 1. The van der Waals surface area contributed by atoms with Crippen molar-refractivity contribution in [2.45, 2.75) is 17.2 Å². The lowest BCUT2D eigenvalue weighted by Crippen LogP contribution is -2.10. The van der Waals surface area contributed by atoms with Gasteiger partial charge >= 0.3 is 0 Å². The Bertz CT molecular complexity index is 974. The molecule has 0 atom stereocenters. The normalized spacial score (nSPS) is 12.1. The van der Waals surface area contributed by atoms with Gasteiger partial charge in [0.2, 0.25) is 0 Å². The molecule has 0 unspecified atom stereocenters. The predicted octanol–water partition coefficient (Wildman–Crippen LogP) is 2.28. The Balaban J connectivity index is 2.01. The van der Waals surface area contributed by atoms with Crippen molar-refractivity contribution >= 4 is 42.9 Å². The van der Waals surface area contributed by atoms with E-state index in [1.807, 2.05) is 0 Å². The smallest absolute Gasteiger partial charge is 0.296 e. The first kappa shape index (κ1) is 20.5. The van der Waals surface area contributed by atoms with E-state index in [4.69, 9.17) is 21.9 Å². The van der Waals surface area contributed by atoms with Crippen LogP contribution in [0.15, 0.2) is 47.4 Å². The van der Waals surface area contributed by atoms with Gasteiger partial charge in [-0.15, -0.1) is 11.6 Å². The molecule has 2 aromatic rings. The summed E-state index contributed by atoms with van der Waals surface area (Å²) < 4.78 is 54.8. The van der Waals surface area contributed by atoms with E-state index in [1.165, 1.54) is 18.2 Å². The van der Waals surface area contributed by atoms with Crippen molar-refractivity contribution < 1.29 is 21.4 Å². The Labute approximate surface area is 157 Å². The van der Waals surface area contributed by atoms with Gasteiger partial charge in [-0.05, 0) is 29.3 Å². The van der Waals surface area contributed by atoms with E-state index in [2.05, 4.69) is 5.32 Å². The fraction of sp³-hybridized carbons (Fsp3) is 0.250. The minimum Gasteiger partial charge on any atom is -0.398 e. The van der Waals surface area contributed by atoms with E-state index in [-0.39, 0.29) is 28.0 Å². The summed E-state index contributed by atoms with van der Waals surface area (Å²) in [4.78, 5) is -0.342. The standard InChI is InChI=1S/C16H19ClN2O5S2/c17-7-8-25(20,21)11-13-3-1-12(2-4-13)10-19-14-5-6-16(15(18)9-14)26(22,23)24/h1-6,9,19H,7-8,10-11,18H2,(H,22,23,24). The summed E-state index contributed by atoms with van der Waals surface area (Å²) in [6, 6.07) is 11.2. The molecule has 0 bridgehead atoms. The van der Waals surface area contributed by atoms with Gasteiger partial charge in [-0.2, -0.15) is 8.42 Å². The number of hydrogen-bond donors (Lipinski definition) is 3. The van der Waals surface area contributed by atoms with Gasteiger partial charge in [0.05, 0.1) is 17.2 Å². The summed E-state index contributed by atoms with van der Waals surface area (Å²) in [5.41, 5.74) is 7.75. The Morgan fingerprint density at radius 3 is 2.15 bits per heavy atom. The number of benzene rings is 2. The van der Waals surface area contributed by atoms with Crippen LogP contribution >= 0.6 is 11.6 Å². The van der Waals surface area contributed by atoms with E-state index in [9.17, 15) is 16.8 Å². The molecule has 0 spiro atoms. The van der Waals surface area contributed by atoms with Crippen molar-refractivity contribution in [1.29, 1.82) is 0 Å². The average molecular weight is 419 g/mol. The molecule has 7 nitrogen and oxygen atoms in total. The quantitative estimate of drug-likeness (QED) is 0.341. The van der Waals surface area contributed by atoms with Crippen LogP contribution in [0.4, 0.5) is 11.4 Å². The maximum atomic E-state index is 11.8. The van der Waals surface area contributed by atoms with Gasteiger partial charge in [0, 0.05) is 18.1 Å². The summed E-state index contributed by atoms with van der Waals surface area (Å²) in [6.07, 6.45) is 0. The third-order valence-corrected chi connectivity index (χ3v) is 6.52. The maximum Gasteiger partial charge on any atom is 0.296 e. The van der Waals surface area contributed by atoms with E-state index < -0.39 is 20.0 Å². The van der Waals surface area contributed by atoms with Gasteiger partial charge < -0.3 is 11.1 Å². The van der Waals surface area contributed by atoms with Crippen molar-refractivity contribution in [2.24, 2.45) is 0 Å². The SMILES string of the molecule is Nc1cc(NCc2ccc(CS(=O)(=O)CCCl)cc2)ccc1S(=O)(=O)O. The summed E-state index contributed by atoms with van der Waals surface area (Å²) in [6.45, 7) is 0.430. The number of hydrogen-bond acceptors (Lipinski definition) is 6. The fourth-order valence-electron chi connectivity index (χ4n) is 2.29. The van der Waals surface area contributed by atoms with Crippen molar-refractivity contribution in [1.82, 2.24) is 0 Å². The highest BCUT2D eigenvalue weighted by Gasteiger charge is 2.14. The lowest BCUT2D eigenvalue weighted by atomic mass is 10.1.